The van der Waals surface area contributed by atoms with E-state index >= 15 is 0 Å². The number of aliphatic hydroxyl groups is 1. The summed E-state index contributed by atoms with van der Waals surface area (Å²) in [6, 6.07) is 1.75. The predicted octanol–water partition coefficient (Wildman–Crippen LogP) is 0.974. The van der Waals surface area contributed by atoms with Crippen LogP contribution in [0.3, 0.4) is 0 Å². The molecule has 1 heterocycles. The molecule has 0 aromatic heterocycles. The van der Waals surface area contributed by atoms with Gasteiger partial charge in [0, 0.05) is 18.1 Å². The lowest BCUT2D eigenvalue weighted by Crippen LogP contribution is -2.53. The van der Waals surface area contributed by atoms with Crippen LogP contribution in [0.25, 0.3) is 0 Å². The van der Waals surface area contributed by atoms with Crippen molar-refractivity contribution in [1.29, 1.82) is 0 Å². The van der Waals surface area contributed by atoms with Crippen LogP contribution in [0, 0.1) is 0 Å². The van der Waals surface area contributed by atoms with Crippen molar-refractivity contribution in [2.75, 3.05) is 20.2 Å². The van der Waals surface area contributed by atoms with Crippen molar-refractivity contribution in [3.63, 3.8) is 0 Å². The highest BCUT2D eigenvalue weighted by Gasteiger charge is 2.35. The first-order valence-electron chi connectivity index (χ1n) is 6.40. The molecule has 3 nitrogen and oxygen atoms in total. The molecular formula is C12H24N2O. The smallest absolute Gasteiger partial charge is 0.0587 e. The van der Waals surface area contributed by atoms with E-state index in [2.05, 4.69) is 17.3 Å². The summed E-state index contributed by atoms with van der Waals surface area (Å²) in [5.74, 6) is 0. The van der Waals surface area contributed by atoms with Crippen molar-refractivity contribution in [2.45, 2.75) is 56.7 Å². The summed E-state index contributed by atoms with van der Waals surface area (Å²) in [7, 11) is 2.08. The zero-order valence-electron chi connectivity index (χ0n) is 9.78. The number of nitrogens with one attached hydrogen (secondary N) is 1. The van der Waals surface area contributed by atoms with Gasteiger partial charge in [0.2, 0.25) is 0 Å². The van der Waals surface area contributed by atoms with E-state index in [1.807, 2.05) is 0 Å². The van der Waals surface area contributed by atoms with Crippen LogP contribution < -0.4 is 5.32 Å². The molecule has 2 aliphatic rings. The Kier molecular flexibility index (Phi) is 4.00. The third kappa shape index (κ3) is 2.35. The molecular weight excluding hydrogens is 188 g/mol. The fraction of sp³-hybridized carbons (Fsp3) is 1.00. The quantitative estimate of drug-likeness (QED) is 0.732. The molecule has 1 saturated heterocycles. The van der Waals surface area contributed by atoms with E-state index in [1.165, 1.54) is 45.1 Å². The van der Waals surface area contributed by atoms with Gasteiger partial charge >= 0.3 is 0 Å². The first-order chi connectivity index (χ1) is 7.36. The molecule has 0 amide bonds. The minimum Gasteiger partial charge on any atom is -0.395 e. The van der Waals surface area contributed by atoms with Crippen LogP contribution in [-0.2, 0) is 0 Å². The Morgan fingerprint density at radius 1 is 1.20 bits per heavy atom. The summed E-state index contributed by atoms with van der Waals surface area (Å²) in [4.78, 5) is 2.56. The summed E-state index contributed by atoms with van der Waals surface area (Å²) in [6.07, 6.45) is 7.77. The fourth-order valence-corrected chi connectivity index (χ4v) is 3.34. The maximum atomic E-state index is 9.36. The van der Waals surface area contributed by atoms with Gasteiger partial charge in [-0.1, -0.05) is 12.8 Å². The molecule has 1 saturated carbocycles. The monoisotopic (exact) mass is 212 g/mol. The normalized spacial score (nSPS) is 38.4. The molecule has 1 aliphatic carbocycles. The number of rotatable bonds is 3. The standard InChI is InChI=1S/C12H24N2O/c1-13-11-6-2-3-7-12(11)14-8-4-5-10(14)9-15/h10-13,15H,2-9H2,1H3/t10-,11-,12-/m0/s1. The van der Waals surface area contributed by atoms with E-state index in [9.17, 15) is 5.11 Å². The Balaban J connectivity index is 1.99. The molecule has 3 atom stereocenters. The zero-order chi connectivity index (χ0) is 10.7. The summed E-state index contributed by atoms with van der Waals surface area (Å²) < 4.78 is 0. The van der Waals surface area contributed by atoms with Crippen molar-refractivity contribution in [2.24, 2.45) is 0 Å². The molecule has 3 heteroatoms. The number of nitrogens with zero attached hydrogens (tertiary/aromatic N) is 1. The highest BCUT2D eigenvalue weighted by Crippen LogP contribution is 2.29. The predicted molar refractivity (Wildman–Crippen MR) is 61.9 cm³/mol. The molecule has 0 unspecified atom stereocenters. The van der Waals surface area contributed by atoms with Gasteiger partial charge in [-0.15, -0.1) is 0 Å². The van der Waals surface area contributed by atoms with Crippen LogP contribution in [0.15, 0.2) is 0 Å². The second-order valence-electron chi connectivity index (χ2n) is 4.96. The highest BCUT2D eigenvalue weighted by atomic mass is 16.3. The molecule has 1 aliphatic heterocycles. The molecule has 0 aromatic rings. The molecule has 2 N–H and O–H groups in total. The van der Waals surface area contributed by atoms with Crippen LogP contribution in [0.4, 0.5) is 0 Å². The van der Waals surface area contributed by atoms with Gasteiger partial charge < -0.3 is 10.4 Å². The van der Waals surface area contributed by atoms with Gasteiger partial charge in [-0.3, -0.25) is 4.90 Å². The van der Waals surface area contributed by atoms with Gasteiger partial charge in [-0.2, -0.15) is 0 Å². The van der Waals surface area contributed by atoms with E-state index < -0.39 is 0 Å². The topological polar surface area (TPSA) is 35.5 Å². The average molecular weight is 212 g/mol. The van der Waals surface area contributed by atoms with Gasteiger partial charge in [-0.25, -0.2) is 0 Å². The van der Waals surface area contributed by atoms with Crippen molar-refractivity contribution in [1.82, 2.24) is 10.2 Å². The Bertz CT molecular complexity index is 198. The number of likely N-dealkylation sites (N-methyl/N-ethyl adjacent to an activating group) is 1. The number of aliphatic hydroxyl groups excluding tert-OH is 1. The molecule has 0 aromatic carbocycles. The second kappa shape index (κ2) is 5.28. The molecule has 0 bridgehead atoms. The molecule has 2 fully saturated rings. The largest absolute Gasteiger partial charge is 0.395 e. The lowest BCUT2D eigenvalue weighted by molar-refractivity contribution is 0.0792. The SMILES string of the molecule is CN[C@H]1CCCC[C@@H]1N1CCC[C@H]1CO. The highest BCUT2D eigenvalue weighted by molar-refractivity contribution is 4.92. The Hall–Kier alpha value is -0.120. The van der Waals surface area contributed by atoms with Crippen molar-refractivity contribution in [3.05, 3.63) is 0 Å². The molecule has 88 valence electrons. The van der Waals surface area contributed by atoms with Gasteiger partial charge in [0.05, 0.1) is 6.61 Å². The maximum Gasteiger partial charge on any atom is 0.0587 e. The Morgan fingerprint density at radius 2 is 2.00 bits per heavy atom. The minimum atomic E-state index is 0.340. The molecule has 0 spiro atoms. The van der Waals surface area contributed by atoms with Crippen LogP contribution in [0.1, 0.15) is 38.5 Å². The summed E-state index contributed by atoms with van der Waals surface area (Å²) in [5, 5.41) is 12.8. The van der Waals surface area contributed by atoms with Crippen molar-refractivity contribution in [3.8, 4) is 0 Å². The number of hydrogen-bond donors (Lipinski definition) is 2. The summed E-state index contributed by atoms with van der Waals surface area (Å²) >= 11 is 0. The van der Waals surface area contributed by atoms with Crippen LogP contribution in [-0.4, -0.2) is 48.3 Å². The third-order valence-corrected chi connectivity index (χ3v) is 4.16. The molecule has 15 heavy (non-hydrogen) atoms. The number of hydrogen-bond acceptors (Lipinski definition) is 3. The molecule has 0 radical (unpaired) electrons. The van der Waals surface area contributed by atoms with E-state index in [1.54, 1.807) is 0 Å². The maximum absolute atomic E-state index is 9.36. The van der Waals surface area contributed by atoms with E-state index in [0.717, 1.165) is 0 Å². The van der Waals surface area contributed by atoms with Gasteiger partial charge in [0.25, 0.3) is 0 Å². The first-order valence-corrected chi connectivity index (χ1v) is 6.40. The Morgan fingerprint density at radius 3 is 2.73 bits per heavy atom. The lowest BCUT2D eigenvalue weighted by atomic mass is 9.89. The lowest BCUT2D eigenvalue weighted by Gasteiger charge is -2.40. The average Bonchev–Trinajstić information content (AvgIpc) is 2.76. The third-order valence-electron chi connectivity index (χ3n) is 4.16. The van der Waals surface area contributed by atoms with Gasteiger partial charge in [0.1, 0.15) is 0 Å². The van der Waals surface area contributed by atoms with Gasteiger partial charge in [0.15, 0.2) is 0 Å². The zero-order valence-corrected chi connectivity index (χ0v) is 9.78. The number of likely N-dealkylation sites (tertiary alicyclic amines) is 1. The van der Waals surface area contributed by atoms with Crippen LogP contribution >= 0.6 is 0 Å². The Labute approximate surface area is 92.8 Å². The molecule has 2 rings (SSSR count). The van der Waals surface area contributed by atoms with Crippen LogP contribution in [0.2, 0.25) is 0 Å². The van der Waals surface area contributed by atoms with E-state index in [-0.39, 0.29) is 0 Å². The minimum absolute atomic E-state index is 0.340. The summed E-state index contributed by atoms with van der Waals surface area (Å²) in [5.41, 5.74) is 0. The second-order valence-corrected chi connectivity index (χ2v) is 4.96. The van der Waals surface area contributed by atoms with E-state index in [4.69, 9.17) is 0 Å². The van der Waals surface area contributed by atoms with Gasteiger partial charge in [-0.05, 0) is 39.3 Å². The van der Waals surface area contributed by atoms with Crippen LogP contribution in [0.5, 0.6) is 0 Å². The van der Waals surface area contributed by atoms with E-state index in [0.29, 0.717) is 24.7 Å². The summed E-state index contributed by atoms with van der Waals surface area (Å²) in [6.45, 7) is 1.53. The first kappa shape index (κ1) is 11.4. The fourth-order valence-electron chi connectivity index (χ4n) is 3.34. The van der Waals surface area contributed by atoms with Crippen molar-refractivity contribution < 1.29 is 5.11 Å². The van der Waals surface area contributed by atoms with Crippen molar-refractivity contribution >= 4 is 0 Å².